The Balaban J connectivity index is 0.00000121. The lowest BCUT2D eigenvalue weighted by atomic mass is 10.2. The van der Waals surface area contributed by atoms with Gasteiger partial charge in [0.25, 0.3) is 5.69 Å². The molecule has 0 unspecified atom stereocenters. The molecule has 0 amide bonds. The second kappa shape index (κ2) is 4.69. The van der Waals surface area contributed by atoms with Crippen LogP contribution in [0.4, 0.5) is 5.69 Å². The van der Waals surface area contributed by atoms with E-state index in [4.69, 9.17) is 5.73 Å². The van der Waals surface area contributed by atoms with Gasteiger partial charge in [0.05, 0.1) is 4.92 Å². The highest BCUT2D eigenvalue weighted by Crippen LogP contribution is 2.15. The summed E-state index contributed by atoms with van der Waals surface area (Å²) in [4.78, 5) is 9.90. The summed E-state index contributed by atoms with van der Waals surface area (Å²) in [5.41, 5.74) is 5.94. The molecule has 0 spiro atoms. The largest absolute Gasteiger partial charge is 0.326 e. The predicted octanol–water partition coefficient (Wildman–Crippen LogP) is 1.48. The van der Waals surface area contributed by atoms with E-state index in [1.165, 1.54) is 6.07 Å². The number of nitrogens with two attached hydrogens (primary N) is 1. The van der Waals surface area contributed by atoms with Crippen LogP contribution in [-0.4, -0.2) is 4.92 Å². The van der Waals surface area contributed by atoms with Gasteiger partial charge in [-0.3, -0.25) is 10.1 Å². The highest BCUT2D eigenvalue weighted by Gasteiger charge is 2.09. The number of nitrogens with zero attached hydrogens (tertiary/aromatic N) is 1. The number of nitro benzene ring substituents is 1. The van der Waals surface area contributed by atoms with Crippen LogP contribution in [0.25, 0.3) is 0 Å². The van der Waals surface area contributed by atoms with Gasteiger partial charge in [-0.25, -0.2) is 0 Å². The van der Waals surface area contributed by atoms with Gasteiger partial charge in [-0.1, -0.05) is 18.2 Å². The third-order valence-electron chi connectivity index (χ3n) is 1.41. The van der Waals surface area contributed by atoms with Crippen molar-refractivity contribution in [1.82, 2.24) is 0 Å². The lowest BCUT2D eigenvalue weighted by Crippen LogP contribution is -2.00. The molecule has 0 aliphatic rings. The van der Waals surface area contributed by atoms with Gasteiger partial charge in [0.2, 0.25) is 0 Å². The van der Waals surface area contributed by atoms with E-state index in [0.29, 0.717) is 5.56 Å². The van der Waals surface area contributed by atoms with Crippen LogP contribution in [0.1, 0.15) is 5.56 Å². The molecule has 0 radical (unpaired) electrons. The molecule has 0 saturated heterocycles. The molecule has 0 fully saturated rings. The van der Waals surface area contributed by atoms with Gasteiger partial charge in [0, 0.05) is 18.2 Å². The summed E-state index contributed by atoms with van der Waals surface area (Å²) in [7, 11) is 0. The molecule has 5 heteroatoms. The Morgan fingerprint density at radius 1 is 1.42 bits per heavy atom. The minimum absolute atomic E-state index is 0. The van der Waals surface area contributed by atoms with E-state index in [0.717, 1.165) is 0 Å². The minimum atomic E-state index is -0.428. The molecule has 0 heterocycles. The molecule has 0 bridgehead atoms. The van der Waals surface area contributed by atoms with Crippen LogP contribution in [0.5, 0.6) is 0 Å². The van der Waals surface area contributed by atoms with Crippen molar-refractivity contribution in [3.05, 3.63) is 39.9 Å². The Labute approximate surface area is 75.9 Å². The zero-order valence-electron chi connectivity index (χ0n) is 6.27. The maximum absolute atomic E-state index is 10.3. The minimum Gasteiger partial charge on any atom is -0.326 e. The maximum Gasteiger partial charge on any atom is 0.273 e. The number of halogens is 1. The maximum atomic E-state index is 10.3. The molecule has 66 valence electrons. The summed E-state index contributed by atoms with van der Waals surface area (Å²) in [6, 6.07) is 6.45. The Bertz CT molecular complexity index is 278. The first-order chi connectivity index (χ1) is 5.25. The van der Waals surface area contributed by atoms with Crippen LogP contribution >= 0.6 is 12.4 Å². The standard InChI is InChI=1S/C7H8N2O2.ClH/c8-5-6-3-1-2-4-7(6)9(10)11;/h1-4H,5,8H2;1H. The molecule has 12 heavy (non-hydrogen) atoms. The Morgan fingerprint density at radius 3 is 2.42 bits per heavy atom. The summed E-state index contributed by atoms with van der Waals surface area (Å²) in [5.74, 6) is 0. The number of rotatable bonds is 2. The number of benzene rings is 1. The van der Waals surface area contributed by atoms with Crippen LogP contribution < -0.4 is 5.73 Å². The van der Waals surface area contributed by atoms with Gasteiger partial charge < -0.3 is 5.73 Å². The molecule has 0 saturated carbocycles. The molecular formula is C7H9ClN2O2. The van der Waals surface area contributed by atoms with Crippen LogP contribution in [0.2, 0.25) is 0 Å². The fraction of sp³-hybridized carbons (Fsp3) is 0.143. The van der Waals surface area contributed by atoms with Gasteiger partial charge in [-0.2, -0.15) is 0 Å². The second-order valence-electron chi connectivity index (χ2n) is 2.09. The molecule has 4 nitrogen and oxygen atoms in total. The molecule has 0 aliphatic carbocycles. The van der Waals surface area contributed by atoms with Crippen molar-refractivity contribution in [3.63, 3.8) is 0 Å². The molecule has 0 aromatic heterocycles. The van der Waals surface area contributed by atoms with E-state index in [9.17, 15) is 10.1 Å². The highest BCUT2D eigenvalue weighted by molar-refractivity contribution is 5.85. The number of nitro groups is 1. The van der Waals surface area contributed by atoms with Crippen LogP contribution in [-0.2, 0) is 6.54 Å². The van der Waals surface area contributed by atoms with E-state index < -0.39 is 4.92 Å². The first kappa shape index (κ1) is 10.9. The first-order valence-corrected chi connectivity index (χ1v) is 3.18. The predicted molar refractivity (Wildman–Crippen MR) is 48.2 cm³/mol. The smallest absolute Gasteiger partial charge is 0.273 e. The average molecular weight is 189 g/mol. The van der Waals surface area contributed by atoms with E-state index in [1.807, 2.05) is 0 Å². The summed E-state index contributed by atoms with van der Waals surface area (Å²) in [6.07, 6.45) is 0. The Morgan fingerprint density at radius 2 is 2.00 bits per heavy atom. The fourth-order valence-corrected chi connectivity index (χ4v) is 0.862. The summed E-state index contributed by atoms with van der Waals surface area (Å²) in [5, 5.41) is 10.3. The van der Waals surface area contributed by atoms with E-state index in [2.05, 4.69) is 0 Å². The van der Waals surface area contributed by atoms with Crippen molar-refractivity contribution in [1.29, 1.82) is 0 Å². The molecule has 1 aromatic rings. The summed E-state index contributed by atoms with van der Waals surface area (Å²) >= 11 is 0. The Hall–Kier alpha value is -1.13. The lowest BCUT2D eigenvalue weighted by molar-refractivity contribution is -0.385. The number of hydrogen-bond donors (Lipinski definition) is 1. The van der Waals surface area contributed by atoms with Crippen LogP contribution in [0.15, 0.2) is 24.3 Å². The van der Waals surface area contributed by atoms with E-state index in [1.54, 1.807) is 18.2 Å². The molecule has 0 aliphatic heterocycles. The molecule has 0 atom stereocenters. The lowest BCUT2D eigenvalue weighted by Gasteiger charge is -1.96. The third-order valence-corrected chi connectivity index (χ3v) is 1.41. The molecule has 2 N–H and O–H groups in total. The van der Waals surface area contributed by atoms with Crippen molar-refractivity contribution < 1.29 is 4.92 Å². The SMILES string of the molecule is Cl.NCc1ccccc1[N+](=O)[O-]. The summed E-state index contributed by atoms with van der Waals surface area (Å²) < 4.78 is 0. The van der Waals surface area contributed by atoms with E-state index in [-0.39, 0.29) is 24.6 Å². The van der Waals surface area contributed by atoms with Crippen molar-refractivity contribution in [3.8, 4) is 0 Å². The summed E-state index contributed by atoms with van der Waals surface area (Å²) in [6.45, 7) is 0.206. The quantitative estimate of drug-likeness (QED) is 0.565. The van der Waals surface area contributed by atoms with Gasteiger partial charge in [-0.05, 0) is 0 Å². The topological polar surface area (TPSA) is 69.2 Å². The van der Waals surface area contributed by atoms with E-state index >= 15 is 0 Å². The number of hydrogen-bond acceptors (Lipinski definition) is 3. The number of para-hydroxylation sites is 1. The van der Waals surface area contributed by atoms with Crippen molar-refractivity contribution in [2.75, 3.05) is 0 Å². The fourth-order valence-electron chi connectivity index (χ4n) is 0.862. The van der Waals surface area contributed by atoms with Crippen LogP contribution in [0.3, 0.4) is 0 Å². The second-order valence-corrected chi connectivity index (χ2v) is 2.09. The van der Waals surface area contributed by atoms with Gasteiger partial charge in [-0.15, -0.1) is 12.4 Å². The average Bonchev–Trinajstić information content (AvgIpc) is 2.04. The first-order valence-electron chi connectivity index (χ1n) is 3.18. The monoisotopic (exact) mass is 188 g/mol. The zero-order valence-corrected chi connectivity index (χ0v) is 7.08. The van der Waals surface area contributed by atoms with Gasteiger partial charge >= 0.3 is 0 Å². The highest BCUT2D eigenvalue weighted by atomic mass is 35.5. The normalized spacial score (nSPS) is 8.75. The third kappa shape index (κ3) is 2.18. The zero-order chi connectivity index (χ0) is 8.27. The molecule has 1 rings (SSSR count). The van der Waals surface area contributed by atoms with Crippen LogP contribution in [0, 0.1) is 10.1 Å². The van der Waals surface area contributed by atoms with Crippen molar-refractivity contribution >= 4 is 18.1 Å². The van der Waals surface area contributed by atoms with Crippen molar-refractivity contribution in [2.24, 2.45) is 5.73 Å². The van der Waals surface area contributed by atoms with Crippen molar-refractivity contribution in [2.45, 2.75) is 6.54 Å². The Kier molecular flexibility index (Phi) is 4.25. The molecule has 1 aromatic carbocycles. The van der Waals surface area contributed by atoms with Gasteiger partial charge in [0.1, 0.15) is 0 Å². The molecular weight excluding hydrogens is 180 g/mol. The van der Waals surface area contributed by atoms with Gasteiger partial charge in [0.15, 0.2) is 0 Å².